The Bertz CT molecular complexity index is 936. The lowest BCUT2D eigenvalue weighted by Gasteiger charge is -1.98. The maximum Gasteiger partial charge on any atom is 0.234 e. The maximum atomic E-state index is 4.59. The number of benzene rings is 1. The van der Waals surface area contributed by atoms with Crippen LogP contribution in [0.15, 0.2) is 41.7 Å². The molecule has 0 amide bonds. The zero-order chi connectivity index (χ0) is 15.1. The van der Waals surface area contributed by atoms with Gasteiger partial charge in [0, 0.05) is 23.3 Å². The molecule has 0 saturated heterocycles. The average Bonchev–Trinajstić information content (AvgIpc) is 3.07. The normalized spacial score (nSPS) is 11.5. The van der Waals surface area contributed by atoms with Crippen LogP contribution in [0.2, 0.25) is 0 Å². The summed E-state index contributed by atoms with van der Waals surface area (Å²) in [5, 5.41) is 0.916. The number of nitrogens with zero attached hydrogens (tertiary/aromatic N) is 4. The lowest BCUT2D eigenvalue weighted by atomic mass is 10.3. The van der Waals surface area contributed by atoms with Crippen molar-refractivity contribution in [2.75, 3.05) is 0 Å². The van der Waals surface area contributed by atoms with Crippen molar-refractivity contribution >= 4 is 28.6 Å². The number of aromatic amines is 1. The van der Waals surface area contributed by atoms with Gasteiger partial charge in [0.2, 0.25) is 5.78 Å². The minimum atomic E-state index is 0.762. The zero-order valence-corrected chi connectivity index (χ0v) is 13.2. The third-order valence-electron chi connectivity index (χ3n) is 3.54. The summed E-state index contributed by atoms with van der Waals surface area (Å²) in [5.41, 5.74) is 5.20. The second kappa shape index (κ2) is 5.14. The van der Waals surface area contributed by atoms with Gasteiger partial charge in [-0.15, -0.1) is 0 Å². The third-order valence-corrected chi connectivity index (χ3v) is 4.44. The molecule has 5 nitrogen and oxygen atoms in total. The summed E-state index contributed by atoms with van der Waals surface area (Å²) < 4.78 is 2.03. The molecule has 3 aromatic heterocycles. The number of thioether (sulfide) groups is 1. The Balaban J connectivity index is 1.59. The molecule has 0 fully saturated rings. The van der Waals surface area contributed by atoms with Gasteiger partial charge in [0.1, 0.15) is 0 Å². The highest BCUT2D eigenvalue weighted by Gasteiger charge is 2.08. The van der Waals surface area contributed by atoms with Gasteiger partial charge in [0.25, 0.3) is 0 Å². The van der Waals surface area contributed by atoms with Crippen LogP contribution in [-0.2, 0) is 5.75 Å². The maximum absolute atomic E-state index is 4.59. The minimum absolute atomic E-state index is 0.762. The van der Waals surface area contributed by atoms with Crippen molar-refractivity contribution in [3.05, 3.63) is 53.6 Å². The van der Waals surface area contributed by atoms with Gasteiger partial charge < -0.3 is 4.98 Å². The predicted octanol–water partition coefficient (Wildman–Crippen LogP) is 3.51. The lowest BCUT2D eigenvalue weighted by molar-refractivity contribution is 1.01. The van der Waals surface area contributed by atoms with Crippen LogP contribution in [0.5, 0.6) is 0 Å². The Morgan fingerprint density at radius 3 is 2.86 bits per heavy atom. The smallest absolute Gasteiger partial charge is 0.234 e. The van der Waals surface area contributed by atoms with Gasteiger partial charge in [0.15, 0.2) is 5.16 Å². The first-order valence-corrected chi connectivity index (χ1v) is 8.07. The zero-order valence-electron chi connectivity index (χ0n) is 12.4. The first kappa shape index (κ1) is 13.3. The van der Waals surface area contributed by atoms with Crippen LogP contribution < -0.4 is 0 Å². The third kappa shape index (κ3) is 2.35. The first-order valence-electron chi connectivity index (χ1n) is 7.09. The largest absolute Gasteiger partial charge is 0.333 e. The van der Waals surface area contributed by atoms with E-state index in [1.807, 2.05) is 41.8 Å². The Kier molecular flexibility index (Phi) is 3.11. The van der Waals surface area contributed by atoms with E-state index in [-0.39, 0.29) is 0 Å². The summed E-state index contributed by atoms with van der Waals surface area (Å²) >= 11 is 1.65. The number of imidazole rings is 2. The molecule has 0 radical (unpaired) electrons. The number of nitrogens with one attached hydrogen (secondary N) is 1. The van der Waals surface area contributed by atoms with Crippen LogP contribution >= 0.6 is 11.8 Å². The predicted molar refractivity (Wildman–Crippen MR) is 88.1 cm³/mol. The first-order chi connectivity index (χ1) is 10.7. The Morgan fingerprint density at radius 2 is 2.00 bits per heavy atom. The van der Waals surface area contributed by atoms with E-state index in [4.69, 9.17) is 0 Å². The monoisotopic (exact) mass is 309 g/mol. The van der Waals surface area contributed by atoms with Crippen LogP contribution in [0, 0.1) is 13.8 Å². The van der Waals surface area contributed by atoms with Crippen LogP contribution in [0.25, 0.3) is 16.8 Å². The number of fused-ring (bicyclic) bond motifs is 2. The van der Waals surface area contributed by atoms with E-state index in [0.717, 1.165) is 44.8 Å². The Hall–Kier alpha value is -2.34. The fourth-order valence-corrected chi connectivity index (χ4v) is 3.30. The highest BCUT2D eigenvalue weighted by Crippen LogP contribution is 2.23. The molecule has 0 aliphatic carbocycles. The van der Waals surface area contributed by atoms with Crippen molar-refractivity contribution in [1.82, 2.24) is 24.3 Å². The molecule has 3 heterocycles. The van der Waals surface area contributed by atoms with Crippen molar-refractivity contribution < 1.29 is 0 Å². The Labute approximate surface area is 131 Å². The molecule has 4 rings (SSSR count). The number of aryl methyl sites for hydroxylation is 2. The second-order valence-corrected chi connectivity index (χ2v) is 6.25. The molecule has 0 atom stereocenters. The number of rotatable bonds is 3. The number of hydrogen-bond donors (Lipinski definition) is 1. The molecule has 22 heavy (non-hydrogen) atoms. The van der Waals surface area contributed by atoms with E-state index in [0.29, 0.717) is 0 Å². The number of para-hydroxylation sites is 2. The van der Waals surface area contributed by atoms with E-state index in [1.54, 1.807) is 11.8 Å². The topological polar surface area (TPSA) is 58.9 Å². The van der Waals surface area contributed by atoms with Gasteiger partial charge in [-0.05, 0) is 32.0 Å². The highest BCUT2D eigenvalue weighted by molar-refractivity contribution is 7.98. The summed E-state index contributed by atoms with van der Waals surface area (Å²) in [7, 11) is 0. The lowest BCUT2D eigenvalue weighted by Crippen LogP contribution is -1.94. The van der Waals surface area contributed by atoms with E-state index < -0.39 is 0 Å². The van der Waals surface area contributed by atoms with Crippen LogP contribution in [0.3, 0.4) is 0 Å². The number of hydrogen-bond acceptors (Lipinski definition) is 4. The summed E-state index contributed by atoms with van der Waals surface area (Å²) in [4.78, 5) is 17.0. The van der Waals surface area contributed by atoms with Crippen LogP contribution in [0.1, 0.15) is 17.1 Å². The van der Waals surface area contributed by atoms with Crippen molar-refractivity contribution in [3.8, 4) is 0 Å². The molecule has 0 aliphatic heterocycles. The molecular formula is C16H15N5S. The van der Waals surface area contributed by atoms with Gasteiger partial charge in [-0.3, -0.25) is 4.40 Å². The summed E-state index contributed by atoms with van der Waals surface area (Å²) in [5.74, 6) is 1.53. The minimum Gasteiger partial charge on any atom is -0.333 e. The van der Waals surface area contributed by atoms with Crippen molar-refractivity contribution in [2.45, 2.75) is 24.8 Å². The molecule has 0 unspecified atom stereocenters. The van der Waals surface area contributed by atoms with Crippen molar-refractivity contribution in [1.29, 1.82) is 0 Å². The van der Waals surface area contributed by atoms with E-state index in [9.17, 15) is 0 Å². The second-order valence-electron chi connectivity index (χ2n) is 5.29. The number of H-pyrrole nitrogens is 1. The van der Waals surface area contributed by atoms with Gasteiger partial charge in [-0.1, -0.05) is 23.9 Å². The molecule has 0 spiro atoms. The standard InChI is InChI=1S/C16H15N5S/c1-10-7-11(2)21-8-12(18-15(21)17-10)9-22-16-19-13-5-3-4-6-14(13)20-16/h3-8H,9H2,1-2H3,(H,19,20). The number of aromatic nitrogens is 5. The van der Waals surface area contributed by atoms with Crippen molar-refractivity contribution in [2.24, 2.45) is 0 Å². The summed E-state index contributed by atoms with van der Waals surface area (Å²) in [6.45, 7) is 4.06. The quantitative estimate of drug-likeness (QED) is 0.588. The van der Waals surface area contributed by atoms with Crippen molar-refractivity contribution in [3.63, 3.8) is 0 Å². The molecule has 4 aromatic rings. The molecule has 6 heteroatoms. The molecule has 110 valence electrons. The molecule has 1 N–H and O–H groups in total. The van der Waals surface area contributed by atoms with Gasteiger partial charge in [-0.25, -0.2) is 15.0 Å². The fraction of sp³-hybridized carbons (Fsp3) is 0.188. The SMILES string of the molecule is Cc1cc(C)n2cc(CSc3nc4ccccc4[nH]3)nc2n1. The van der Waals surface area contributed by atoms with E-state index in [1.165, 1.54) is 0 Å². The van der Waals surface area contributed by atoms with Gasteiger partial charge >= 0.3 is 0 Å². The van der Waals surface area contributed by atoms with Crippen LogP contribution in [-0.4, -0.2) is 24.3 Å². The van der Waals surface area contributed by atoms with E-state index >= 15 is 0 Å². The molecule has 0 bridgehead atoms. The summed E-state index contributed by atoms with van der Waals surface area (Å²) in [6, 6.07) is 10.1. The molecular weight excluding hydrogens is 294 g/mol. The summed E-state index contributed by atoms with van der Waals surface area (Å²) in [6.07, 6.45) is 2.05. The fourth-order valence-electron chi connectivity index (χ4n) is 2.53. The molecule has 0 saturated carbocycles. The average molecular weight is 309 g/mol. The molecule has 0 aliphatic rings. The highest BCUT2D eigenvalue weighted by atomic mass is 32.2. The van der Waals surface area contributed by atoms with Gasteiger partial charge in [0.05, 0.1) is 16.7 Å². The van der Waals surface area contributed by atoms with E-state index in [2.05, 4.69) is 32.9 Å². The molecule has 1 aromatic carbocycles. The Morgan fingerprint density at radius 1 is 1.14 bits per heavy atom. The van der Waals surface area contributed by atoms with Gasteiger partial charge in [-0.2, -0.15) is 0 Å². The van der Waals surface area contributed by atoms with Crippen LogP contribution in [0.4, 0.5) is 0 Å².